The van der Waals surface area contributed by atoms with Gasteiger partial charge in [0.25, 0.3) is 0 Å². The van der Waals surface area contributed by atoms with Crippen LogP contribution in [0.5, 0.6) is 0 Å². The van der Waals surface area contributed by atoms with E-state index in [-0.39, 0.29) is 0 Å². The third-order valence-corrected chi connectivity index (χ3v) is 3.14. The van der Waals surface area contributed by atoms with Gasteiger partial charge in [0.1, 0.15) is 0 Å². The highest BCUT2D eigenvalue weighted by atomic mass is 15.2. The van der Waals surface area contributed by atoms with Crippen LogP contribution in [0.3, 0.4) is 0 Å². The summed E-state index contributed by atoms with van der Waals surface area (Å²) in [6.45, 7) is 3.50. The van der Waals surface area contributed by atoms with Gasteiger partial charge in [0, 0.05) is 38.1 Å². The van der Waals surface area contributed by atoms with Gasteiger partial charge in [-0.15, -0.1) is 0 Å². The molecule has 0 aliphatic rings. The largest absolute Gasteiger partial charge is 0.343 e. The Balaban J connectivity index is 2.17. The van der Waals surface area contributed by atoms with Gasteiger partial charge in [0.15, 0.2) is 0 Å². The van der Waals surface area contributed by atoms with E-state index in [4.69, 9.17) is 5.73 Å². The van der Waals surface area contributed by atoms with Gasteiger partial charge in [-0.3, -0.25) is 0 Å². The molecule has 0 aliphatic heterocycles. The molecule has 1 heterocycles. The van der Waals surface area contributed by atoms with Crippen LogP contribution in [0.2, 0.25) is 0 Å². The molecule has 0 bridgehead atoms. The van der Waals surface area contributed by atoms with Crippen molar-refractivity contribution < 1.29 is 0 Å². The van der Waals surface area contributed by atoms with Gasteiger partial charge in [-0.2, -0.15) is 0 Å². The topological polar surface area (TPSA) is 55.0 Å². The van der Waals surface area contributed by atoms with E-state index in [1.165, 1.54) is 5.56 Å². The van der Waals surface area contributed by atoms with Crippen molar-refractivity contribution >= 4 is 5.95 Å². The quantitative estimate of drug-likeness (QED) is 0.890. The molecule has 0 spiro atoms. The van der Waals surface area contributed by atoms with Crippen molar-refractivity contribution in [3.8, 4) is 11.1 Å². The molecule has 4 nitrogen and oxygen atoms in total. The minimum atomic E-state index is 0.597. The first-order chi connectivity index (χ1) is 9.24. The number of likely N-dealkylation sites (N-methyl/N-ethyl adjacent to an activating group) is 1. The molecular weight excluding hydrogens is 236 g/mol. The molecular formula is C15H20N4. The minimum Gasteiger partial charge on any atom is -0.343 e. The lowest BCUT2D eigenvalue weighted by Gasteiger charge is -2.15. The van der Waals surface area contributed by atoms with E-state index in [0.29, 0.717) is 12.5 Å². The van der Waals surface area contributed by atoms with Gasteiger partial charge in [-0.05, 0) is 17.5 Å². The Kier molecular flexibility index (Phi) is 4.47. The van der Waals surface area contributed by atoms with Crippen molar-refractivity contribution in [1.29, 1.82) is 0 Å². The van der Waals surface area contributed by atoms with Gasteiger partial charge in [-0.1, -0.05) is 31.2 Å². The van der Waals surface area contributed by atoms with Gasteiger partial charge in [0.2, 0.25) is 5.95 Å². The number of anilines is 1. The average molecular weight is 256 g/mol. The fourth-order valence-corrected chi connectivity index (χ4v) is 1.89. The Labute approximate surface area is 114 Å². The van der Waals surface area contributed by atoms with Crippen molar-refractivity contribution in [3.63, 3.8) is 0 Å². The maximum atomic E-state index is 5.52. The van der Waals surface area contributed by atoms with Crippen LogP contribution in [0.15, 0.2) is 36.7 Å². The van der Waals surface area contributed by atoms with Crippen molar-refractivity contribution in [3.05, 3.63) is 42.2 Å². The number of rotatable bonds is 5. The Bertz CT molecular complexity index is 505. The first-order valence-corrected chi connectivity index (χ1v) is 6.57. The van der Waals surface area contributed by atoms with E-state index >= 15 is 0 Å². The molecule has 0 radical (unpaired) electrons. The summed E-state index contributed by atoms with van der Waals surface area (Å²) < 4.78 is 0. The van der Waals surface area contributed by atoms with E-state index in [9.17, 15) is 0 Å². The summed E-state index contributed by atoms with van der Waals surface area (Å²) >= 11 is 0. The third kappa shape index (κ3) is 3.29. The molecule has 2 N–H and O–H groups in total. The Morgan fingerprint density at radius 3 is 2.21 bits per heavy atom. The van der Waals surface area contributed by atoms with E-state index in [0.717, 1.165) is 24.1 Å². The predicted octanol–water partition coefficient (Wildman–Crippen LogP) is 2.10. The molecule has 0 saturated carbocycles. The number of nitrogens with zero attached hydrogens (tertiary/aromatic N) is 3. The maximum absolute atomic E-state index is 5.52. The average Bonchev–Trinajstić information content (AvgIpc) is 2.48. The van der Waals surface area contributed by atoms with E-state index in [1.54, 1.807) is 0 Å². The normalized spacial score (nSPS) is 10.5. The minimum absolute atomic E-state index is 0.597. The third-order valence-electron chi connectivity index (χ3n) is 3.14. The zero-order chi connectivity index (χ0) is 13.7. The van der Waals surface area contributed by atoms with Crippen molar-refractivity contribution in [2.45, 2.75) is 13.3 Å². The zero-order valence-electron chi connectivity index (χ0n) is 11.5. The second-order valence-corrected chi connectivity index (χ2v) is 4.53. The number of aryl methyl sites for hydroxylation is 1. The molecule has 0 fully saturated rings. The summed E-state index contributed by atoms with van der Waals surface area (Å²) in [7, 11) is 1.94. The molecule has 0 saturated heterocycles. The molecule has 1 aromatic heterocycles. The molecule has 19 heavy (non-hydrogen) atoms. The summed E-state index contributed by atoms with van der Waals surface area (Å²) in [4.78, 5) is 10.7. The first kappa shape index (κ1) is 13.5. The van der Waals surface area contributed by atoms with Crippen molar-refractivity contribution in [2.24, 2.45) is 5.73 Å². The number of hydrogen-bond acceptors (Lipinski definition) is 4. The van der Waals surface area contributed by atoms with Gasteiger partial charge >= 0.3 is 0 Å². The second kappa shape index (κ2) is 6.29. The first-order valence-electron chi connectivity index (χ1n) is 6.57. The number of benzene rings is 1. The van der Waals surface area contributed by atoms with Crippen LogP contribution in [0, 0.1) is 0 Å². The van der Waals surface area contributed by atoms with Crippen LogP contribution in [0.4, 0.5) is 5.95 Å². The molecule has 100 valence electrons. The van der Waals surface area contributed by atoms with Gasteiger partial charge < -0.3 is 10.6 Å². The van der Waals surface area contributed by atoms with Crippen LogP contribution in [-0.4, -0.2) is 30.1 Å². The molecule has 0 amide bonds. The van der Waals surface area contributed by atoms with E-state index in [2.05, 4.69) is 41.2 Å². The van der Waals surface area contributed by atoms with Gasteiger partial charge in [-0.25, -0.2) is 9.97 Å². The van der Waals surface area contributed by atoms with Crippen molar-refractivity contribution in [2.75, 3.05) is 25.0 Å². The van der Waals surface area contributed by atoms with Crippen LogP contribution in [0.1, 0.15) is 12.5 Å². The highest BCUT2D eigenvalue weighted by molar-refractivity contribution is 5.62. The van der Waals surface area contributed by atoms with Crippen LogP contribution in [0.25, 0.3) is 11.1 Å². The Morgan fingerprint density at radius 1 is 1.05 bits per heavy atom. The van der Waals surface area contributed by atoms with Crippen LogP contribution >= 0.6 is 0 Å². The highest BCUT2D eigenvalue weighted by Crippen LogP contribution is 2.19. The molecule has 2 rings (SSSR count). The summed E-state index contributed by atoms with van der Waals surface area (Å²) in [6.07, 6.45) is 4.77. The lowest BCUT2D eigenvalue weighted by atomic mass is 10.1. The number of aromatic nitrogens is 2. The lowest BCUT2D eigenvalue weighted by molar-refractivity contribution is 0.846. The van der Waals surface area contributed by atoms with E-state index in [1.807, 2.05) is 24.3 Å². The zero-order valence-corrected chi connectivity index (χ0v) is 11.5. The van der Waals surface area contributed by atoms with Gasteiger partial charge in [0.05, 0.1) is 0 Å². The smallest absolute Gasteiger partial charge is 0.225 e. The summed E-state index contributed by atoms with van der Waals surface area (Å²) in [6, 6.07) is 8.51. The summed E-state index contributed by atoms with van der Waals surface area (Å²) in [5, 5.41) is 0. The molecule has 1 aromatic carbocycles. The molecule has 0 unspecified atom stereocenters. The SMILES string of the molecule is CCc1ccc(-c2cnc(N(C)CCN)nc2)cc1. The second-order valence-electron chi connectivity index (χ2n) is 4.53. The fourth-order valence-electron chi connectivity index (χ4n) is 1.89. The standard InChI is InChI=1S/C15H20N4/c1-3-12-4-6-13(7-5-12)14-10-17-15(18-11-14)19(2)9-8-16/h4-7,10-11H,3,8-9,16H2,1-2H3. The number of hydrogen-bond donors (Lipinski definition) is 1. The van der Waals surface area contributed by atoms with Crippen molar-refractivity contribution in [1.82, 2.24) is 9.97 Å². The predicted molar refractivity (Wildman–Crippen MR) is 79.2 cm³/mol. The molecule has 0 aliphatic carbocycles. The molecule has 2 aromatic rings. The lowest BCUT2D eigenvalue weighted by Crippen LogP contribution is -2.26. The molecule has 4 heteroatoms. The number of nitrogens with two attached hydrogens (primary N) is 1. The fraction of sp³-hybridized carbons (Fsp3) is 0.333. The monoisotopic (exact) mass is 256 g/mol. The maximum Gasteiger partial charge on any atom is 0.225 e. The molecule has 0 atom stereocenters. The highest BCUT2D eigenvalue weighted by Gasteiger charge is 2.04. The Morgan fingerprint density at radius 2 is 1.68 bits per heavy atom. The summed E-state index contributed by atoms with van der Waals surface area (Å²) in [5.41, 5.74) is 9.03. The van der Waals surface area contributed by atoms with E-state index < -0.39 is 0 Å². The van der Waals surface area contributed by atoms with Crippen LogP contribution in [-0.2, 0) is 6.42 Å². The Hall–Kier alpha value is -1.94. The van der Waals surface area contributed by atoms with Crippen LogP contribution < -0.4 is 10.6 Å². The summed E-state index contributed by atoms with van der Waals surface area (Å²) in [5.74, 6) is 0.708.